The van der Waals surface area contributed by atoms with Crippen LogP contribution in [0.3, 0.4) is 0 Å². The van der Waals surface area contributed by atoms with Crippen molar-refractivity contribution in [3.05, 3.63) is 59.7 Å². The summed E-state index contributed by atoms with van der Waals surface area (Å²) in [4.78, 5) is 4.22. The Hall–Kier alpha value is -2.73. The van der Waals surface area contributed by atoms with Gasteiger partial charge < -0.3 is 24.8 Å². The van der Waals surface area contributed by atoms with E-state index in [4.69, 9.17) is 14.2 Å². The molecule has 0 aliphatic rings. The van der Waals surface area contributed by atoms with Crippen LogP contribution in [0.2, 0.25) is 0 Å². The number of methoxy groups -OCH3 is 2. The fourth-order valence-corrected chi connectivity index (χ4v) is 2.34. The molecule has 0 saturated carbocycles. The third-order valence-corrected chi connectivity index (χ3v) is 3.74. The van der Waals surface area contributed by atoms with Gasteiger partial charge in [0.05, 0.1) is 20.3 Å². The number of nitrogens with zero attached hydrogens (tertiary/aromatic N) is 1. The normalized spacial score (nSPS) is 11.1. The Morgan fingerprint density at radius 3 is 2.15 bits per heavy atom. The zero-order chi connectivity index (χ0) is 18.6. The molecule has 26 heavy (non-hydrogen) atoms. The van der Waals surface area contributed by atoms with E-state index in [9.17, 15) is 0 Å². The molecule has 2 aromatic rings. The Balaban J connectivity index is 1.68. The van der Waals surface area contributed by atoms with Gasteiger partial charge in [-0.3, -0.25) is 4.99 Å². The summed E-state index contributed by atoms with van der Waals surface area (Å²) in [6, 6.07) is 15.8. The molecule has 6 nitrogen and oxygen atoms in total. The highest BCUT2D eigenvalue weighted by atomic mass is 16.5. The first-order chi connectivity index (χ1) is 12.7. The Bertz CT molecular complexity index is 670. The third-order valence-electron chi connectivity index (χ3n) is 3.74. The Morgan fingerprint density at radius 1 is 0.885 bits per heavy atom. The number of rotatable bonds is 9. The van der Waals surface area contributed by atoms with Crippen LogP contribution in [0, 0.1) is 0 Å². The Kier molecular flexibility index (Phi) is 8.29. The fraction of sp³-hybridized carbons (Fsp3) is 0.350. The first-order valence-corrected chi connectivity index (χ1v) is 8.53. The van der Waals surface area contributed by atoms with Crippen LogP contribution < -0.4 is 20.1 Å². The van der Waals surface area contributed by atoms with Gasteiger partial charge in [0.1, 0.15) is 18.1 Å². The first kappa shape index (κ1) is 19.6. The average molecular weight is 357 g/mol. The van der Waals surface area contributed by atoms with E-state index in [1.54, 1.807) is 21.3 Å². The predicted molar refractivity (Wildman–Crippen MR) is 104 cm³/mol. The molecule has 0 heterocycles. The monoisotopic (exact) mass is 357 g/mol. The molecule has 0 saturated heterocycles. The number of aliphatic imine (C=N–C) groups is 1. The maximum atomic E-state index is 5.69. The van der Waals surface area contributed by atoms with Crippen molar-refractivity contribution in [2.45, 2.75) is 13.2 Å². The summed E-state index contributed by atoms with van der Waals surface area (Å²) in [6.45, 7) is 2.52. The van der Waals surface area contributed by atoms with Gasteiger partial charge in [0.2, 0.25) is 0 Å². The molecule has 0 unspecified atom stereocenters. The van der Waals surface area contributed by atoms with Gasteiger partial charge in [-0.2, -0.15) is 0 Å². The molecule has 0 aliphatic heterocycles. The van der Waals surface area contributed by atoms with Crippen LogP contribution in [0.25, 0.3) is 0 Å². The molecule has 0 radical (unpaired) electrons. The number of benzene rings is 2. The number of guanidine groups is 1. The highest BCUT2D eigenvalue weighted by Crippen LogP contribution is 2.16. The van der Waals surface area contributed by atoms with E-state index in [0.717, 1.165) is 23.0 Å². The molecule has 0 aromatic heterocycles. The van der Waals surface area contributed by atoms with E-state index in [-0.39, 0.29) is 0 Å². The quantitative estimate of drug-likeness (QED) is 0.410. The van der Waals surface area contributed by atoms with Crippen molar-refractivity contribution < 1.29 is 14.2 Å². The van der Waals surface area contributed by atoms with Crippen molar-refractivity contribution in [2.24, 2.45) is 4.99 Å². The molecule has 6 heteroatoms. The molecular weight excluding hydrogens is 330 g/mol. The average Bonchev–Trinajstić information content (AvgIpc) is 2.69. The second-order valence-corrected chi connectivity index (χ2v) is 5.63. The smallest absolute Gasteiger partial charge is 0.191 e. The van der Waals surface area contributed by atoms with Crippen molar-refractivity contribution in [1.29, 1.82) is 0 Å². The summed E-state index contributed by atoms with van der Waals surface area (Å²) in [5, 5.41) is 6.52. The molecule has 0 atom stereocenters. The van der Waals surface area contributed by atoms with E-state index in [1.807, 2.05) is 24.3 Å². The summed E-state index contributed by atoms with van der Waals surface area (Å²) in [5.74, 6) is 2.37. The van der Waals surface area contributed by atoms with E-state index in [2.05, 4.69) is 39.9 Å². The van der Waals surface area contributed by atoms with Crippen molar-refractivity contribution in [3.63, 3.8) is 0 Å². The molecular formula is C20H27N3O3. The lowest BCUT2D eigenvalue weighted by Crippen LogP contribution is -2.38. The molecule has 140 valence electrons. The predicted octanol–water partition coefficient (Wildman–Crippen LogP) is 2.59. The lowest BCUT2D eigenvalue weighted by Gasteiger charge is -2.13. The van der Waals surface area contributed by atoms with Gasteiger partial charge in [-0.25, -0.2) is 0 Å². The van der Waals surface area contributed by atoms with Gasteiger partial charge >= 0.3 is 0 Å². The van der Waals surface area contributed by atoms with Crippen molar-refractivity contribution in [1.82, 2.24) is 10.6 Å². The van der Waals surface area contributed by atoms with Crippen molar-refractivity contribution >= 4 is 5.96 Å². The number of nitrogens with one attached hydrogen (secondary N) is 2. The van der Waals surface area contributed by atoms with Crippen LogP contribution in [-0.2, 0) is 17.9 Å². The van der Waals surface area contributed by atoms with Crippen LogP contribution >= 0.6 is 0 Å². The molecule has 0 spiro atoms. The first-order valence-electron chi connectivity index (χ1n) is 8.53. The summed E-state index contributed by atoms with van der Waals surface area (Å²) >= 11 is 0. The largest absolute Gasteiger partial charge is 0.497 e. The highest BCUT2D eigenvalue weighted by Gasteiger charge is 2.00. The van der Waals surface area contributed by atoms with E-state index < -0.39 is 0 Å². The maximum Gasteiger partial charge on any atom is 0.191 e. The third kappa shape index (κ3) is 6.64. The molecule has 2 aromatic carbocycles. The standard InChI is InChI=1S/C20H27N3O3/c1-21-20(23-14-16-4-6-17(7-5-16)15-24-2)22-12-13-26-19-10-8-18(25-3)9-11-19/h4-11H,12-15H2,1-3H3,(H2,21,22,23). The number of hydrogen-bond donors (Lipinski definition) is 2. The molecule has 0 amide bonds. The van der Waals surface area contributed by atoms with E-state index >= 15 is 0 Å². The van der Waals surface area contributed by atoms with Gasteiger partial charge in [-0.05, 0) is 35.4 Å². The second-order valence-electron chi connectivity index (χ2n) is 5.63. The lowest BCUT2D eigenvalue weighted by atomic mass is 10.1. The molecule has 0 aliphatic carbocycles. The Morgan fingerprint density at radius 2 is 1.54 bits per heavy atom. The lowest BCUT2D eigenvalue weighted by molar-refractivity contribution is 0.185. The molecule has 2 rings (SSSR count). The summed E-state index contributed by atoms with van der Waals surface area (Å²) in [5.41, 5.74) is 2.34. The van der Waals surface area contributed by atoms with Gasteiger partial charge in [-0.1, -0.05) is 24.3 Å². The fourth-order valence-electron chi connectivity index (χ4n) is 2.34. The van der Waals surface area contributed by atoms with Crippen molar-refractivity contribution in [3.8, 4) is 11.5 Å². The van der Waals surface area contributed by atoms with Crippen LogP contribution in [0.5, 0.6) is 11.5 Å². The van der Waals surface area contributed by atoms with Crippen LogP contribution in [-0.4, -0.2) is 40.4 Å². The maximum absolute atomic E-state index is 5.69. The SMILES string of the molecule is CN=C(NCCOc1ccc(OC)cc1)NCc1ccc(COC)cc1. The van der Waals surface area contributed by atoms with Gasteiger partial charge in [0.15, 0.2) is 5.96 Å². The Labute approximate surface area is 155 Å². The topological polar surface area (TPSA) is 64.1 Å². The van der Waals surface area contributed by atoms with E-state index in [0.29, 0.717) is 26.3 Å². The second kappa shape index (κ2) is 11.0. The molecule has 0 bridgehead atoms. The van der Waals surface area contributed by atoms with Crippen LogP contribution in [0.4, 0.5) is 0 Å². The number of hydrogen-bond acceptors (Lipinski definition) is 4. The minimum Gasteiger partial charge on any atom is -0.497 e. The number of ether oxygens (including phenoxy) is 3. The van der Waals surface area contributed by atoms with Gasteiger partial charge in [-0.15, -0.1) is 0 Å². The van der Waals surface area contributed by atoms with Crippen LogP contribution in [0.1, 0.15) is 11.1 Å². The molecule has 0 fully saturated rings. The van der Waals surface area contributed by atoms with E-state index in [1.165, 1.54) is 5.56 Å². The van der Waals surface area contributed by atoms with Crippen molar-refractivity contribution in [2.75, 3.05) is 34.4 Å². The minimum absolute atomic E-state index is 0.540. The minimum atomic E-state index is 0.540. The summed E-state index contributed by atoms with van der Waals surface area (Å²) < 4.78 is 15.9. The summed E-state index contributed by atoms with van der Waals surface area (Å²) in [7, 11) is 5.09. The zero-order valence-electron chi connectivity index (χ0n) is 15.6. The zero-order valence-corrected chi connectivity index (χ0v) is 15.6. The van der Waals surface area contributed by atoms with Gasteiger partial charge in [0.25, 0.3) is 0 Å². The molecule has 2 N–H and O–H groups in total. The van der Waals surface area contributed by atoms with Crippen LogP contribution in [0.15, 0.2) is 53.5 Å². The highest BCUT2D eigenvalue weighted by molar-refractivity contribution is 5.79. The summed E-state index contributed by atoms with van der Waals surface area (Å²) in [6.07, 6.45) is 0. The van der Waals surface area contributed by atoms with Gasteiger partial charge in [0, 0.05) is 20.7 Å².